The van der Waals surface area contributed by atoms with Crippen LogP contribution in [0.15, 0.2) is 30.3 Å². The molecule has 0 saturated heterocycles. The van der Waals surface area contributed by atoms with Gasteiger partial charge in [-0.1, -0.05) is 6.07 Å². The molecule has 0 spiro atoms. The van der Waals surface area contributed by atoms with E-state index >= 15 is 0 Å². The van der Waals surface area contributed by atoms with Gasteiger partial charge >= 0.3 is 0 Å². The largest absolute Gasteiger partial charge is 0.508 e. The smallest absolute Gasteiger partial charge is 0.157 e. The molecule has 0 radical (unpaired) electrons. The Kier molecular flexibility index (Phi) is 2.93. The van der Waals surface area contributed by atoms with Gasteiger partial charge in [0.1, 0.15) is 17.6 Å². The fourth-order valence-corrected chi connectivity index (χ4v) is 2.67. The van der Waals surface area contributed by atoms with Crippen LogP contribution in [0, 0.1) is 6.92 Å². The van der Waals surface area contributed by atoms with E-state index in [1.807, 2.05) is 13.0 Å². The van der Waals surface area contributed by atoms with Crippen LogP contribution in [0.2, 0.25) is 0 Å². The topological polar surface area (TPSA) is 69.9 Å². The number of phenols is 3. The minimum absolute atomic E-state index is 0.125. The Morgan fingerprint density at radius 1 is 1.05 bits per heavy atom. The molecular formula is C16H16O4. The molecule has 1 unspecified atom stereocenters. The summed E-state index contributed by atoms with van der Waals surface area (Å²) in [4.78, 5) is 0. The van der Waals surface area contributed by atoms with Gasteiger partial charge in [0.25, 0.3) is 0 Å². The fraction of sp³-hybridized carbons (Fsp3) is 0.250. The van der Waals surface area contributed by atoms with Gasteiger partial charge < -0.3 is 20.1 Å². The zero-order valence-electron chi connectivity index (χ0n) is 11.1. The van der Waals surface area contributed by atoms with Gasteiger partial charge in [-0.15, -0.1) is 0 Å². The summed E-state index contributed by atoms with van der Waals surface area (Å²) in [6.45, 7) is 1.87. The van der Waals surface area contributed by atoms with Crippen molar-refractivity contribution in [3.05, 3.63) is 47.0 Å². The van der Waals surface area contributed by atoms with Crippen LogP contribution >= 0.6 is 0 Å². The molecule has 2 aromatic carbocycles. The summed E-state index contributed by atoms with van der Waals surface area (Å²) >= 11 is 0. The third-order valence-electron chi connectivity index (χ3n) is 3.74. The Balaban J connectivity index is 1.96. The maximum absolute atomic E-state index is 9.80. The molecule has 0 bridgehead atoms. The maximum atomic E-state index is 9.80. The molecule has 0 amide bonds. The summed E-state index contributed by atoms with van der Waals surface area (Å²) in [7, 11) is 0. The van der Waals surface area contributed by atoms with Gasteiger partial charge in [0.05, 0.1) is 0 Å². The van der Waals surface area contributed by atoms with E-state index in [9.17, 15) is 15.3 Å². The molecule has 104 valence electrons. The number of aryl methyl sites for hydroxylation is 1. The first-order valence-corrected chi connectivity index (χ1v) is 6.56. The van der Waals surface area contributed by atoms with Crippen LogP contribution in [-0.4, -0.2) is 15.3 Å². The molecule has 2 aromatic rings. The van der Waals surface area contributed by atoms with Crippen molar-refractivity contribution >= 4 is 0 Å². The van der Waals surface area contributed by atoms with Gasteiger partial charge in [0.2, 0.25) is 0 Å². The molecule has 0 aromatic heterocycles. The van der Waals surface area contributed by atoms with Gasteiger partial charge in [-0.25, -0.2) is 0 Å². The molecule has 4 heteroatoms. The monoisotopic (exact) mass is 272 g/mol. The van der Waals surface area contributed by atoms with Gasteiger partial charge in [0, 0.05) is 5.56 Å². The maximum Gasteiger partial charge on any atom is 0.157 e. The van der Waals surface area contributed by atoms with Crippen LogP contribution in [0.1, 0.15) is 29.2 Å². The molecule has 1 atom stereocenters. The van der Waals surface area contributed by atoms with Crippen molar-refractivity contribution in [2.45, 2.75) is 25.9 Å². The first-order chi connectivity index (χ1) is 9.56. The lowest BCUT2D eigenvalue weighted by molar-refractivity contribution is 0.173. The molecule has 20 heavy (non-hydrogen) atoms. The highest BCUT2D eigenvalue weighted by Gasteiger charge is 2.25. The van der Waals surface area contributed by atoms with Crippen molar-refractivity contribution in [3.8, 4) is 23.0 Å². The van der Waals surface area contributed by atoms with Gasteiger partial charge in [0.15, 0.2) is 11.5 Å². The Hall–Kier alpha value is -2.36. The predicted molar refractivity (Wildman–Crippen MR) is 74.3 cm³/mol. The minimum atomic E-state index is -0.184. The zero-order chi connectivity index (χ0) is 14.3. The first-order valence-electron chi connectivity index (χ1n) is 6.56. The lowest BCUT2D eigenvalue weighted by Crippen LogP contribution is -2.16. The highest BCUT2D eigenvalue weighted by Crippen LogP contribution is 2.41. The second-order valence-corrected chi connectivity index (χ2v) is 5.10. The molecule has 0 aliphatic carbocycles. The summed E-state index contributed by atoms with van der Waals surface area (Å²) in [5.74, 6) is 0.662. The predicted octanol–water partition coefficient (Wildman–Crippen LogP) is 3.18. The van der Waals surface area contributed by atoms with Crippen LogP contribution in [0.25, 0.3) is 0 Å². The summed E-state index contributed by atoms with van der Waals surface area (Å²) in [6, 6.07) is 8.31. The second-order valence-electron chi connectivity index (χ2n) is 5.10. The van der Waals surface area contributed by atoms with Crippen LogP contribution < -0.4 is 4.74 Å². The van der Waals surface area contributed by atoms with Crippen molar-refractivity contribution in [1.29, 1.82) is 0 Å². The molecule has 0 fully saturated rings. The zero-order valence-corrected chi connectivity index (χ0v) is 11.1. The van der Waals surface area contributed by atoms with E-state index in [0.29, 0.717) is 12.2 Å². The van der Waals surface area contributed by atoms with E-state index in [1.165, 1.54) is 6.07 Å². The number of phenolic OH excluding ortho intramolecular Hbond substituents is 3. The Morgan fingerprint density at radius 3 is 2.60 bits per heavy atom. The number of fused-ring (bicyclic) bond motifs is 1. The van der Waals surface area contributed by atoms with Crippen molar-refractivity contribution in [1.82, 2.24) is 0 Å². The highest BCUT2D eigenvalue weighted by atomic mass is 16.5. The lowest BCUT2D eigenvalue weighted by atomic mass is 9.94. The van der Waals surface area contributed by atoms with Crippen LogP contribution in [0.5, 0.6) is 23.0 Å². The standard InChI is InChI=1S/C16H16O4/c1-9-7-13(18)14(19)8-11(9)16-6-5-10-12(17)3-2-4-15(10)20-16/h2-4,7-8,16-19H,5-6H2,1H3. The number of aromatic hydroxyl groups is 3. The minimum Gasteiger partial charge on any atom is -0.508 e. The highest BCUT2D eigenvalue weighted by molar-refractivity contribution is 5.49. The molecule has 1 aliphatic rings. The molecule has 1 aliphatic heterocycles. The number of hydrogen-bond acceptors (Lipinski definition) is 4. The number of benzene rings is 2. The van der Waals surface area contributed by atoms with Crippen molar-refractivity contribution in [3.63, 3.8) is 0 Å². The van der Waals surface area contributed by atoms with E-state index in [1.54, 1.807) is 18.2 Å². The lowest BCUT2D eigenvalue weighted by Gasteiger charge is -2.28. The number of hydrogen-bond donors (Lipinski definition) is 3. The van der Waals surface area contributed by atoms with Crippen LogP contribution in [0.4, 0.5) is 0 Å². The van der Waals surface area contributed by atoms with E-state index in [-0.39, 0.29) is 23.4 Å². The normalized spacial score (nSPS) is 17.4. The average Bonchev–Trinajstić information content (AvgIpc) is 2.43. The Labute approximate surface area is 116 Å². The van der Waals surface area contributed by atoms with E-state index in [4.69, 9.17) is 4.74 Å². The number of ether oxygens (including phenoxy) is 1. The second kappa shape index (κ2) is 4.63. The third kappa shape index (κ3) is 2.03. The molecule has 1 heterocycles. The Morgan fingerprint density at radius 2 is 1.80 bits per heavy atom. The van der Waals surface area contributed by atoms with E-state index in [2.05, 4.69) is 0 Å². The summed E-state index contributed by atoms with van der Waals surface area (Å²) in [5.41, 5.74) is 2.55. The average molecular weight is 272 g/mol. The Bertz CT molecular complexity index is 664. The molecule has 3 rings (SSSR count). The summed E-state index contributed by atoms with van der Waals surface area (Å²) in [6.07, 6.45) is 1.25. The summed E-state index contributed by atoms with van der Waals surface area (Å²) < 4.78 is 5.92. The fourth-order valence-electron chi connectivity index (χ4n) is 2.67. The third-order valence-corrected chi connectivity index (χ3v) is 3.74. The van der Waals surface area contributed by atoms with Crippen molar-refractivity contribution in [2.75, 3.05) is 0 Å². The van der Waals surface area contributed by atoms with Crippen LogP contribution in [-0.2, 0) is 6.42 Å². The summed E-state index contributed by atoms with van der Waals surface area (Å²) in [5, 5.41) is 28.9. The molecule has 3 N–H and O–H groups in total. The van der Waals surface area contributed by atoms with E-state index in [0.717, 1.165) is 23.1 Å². The molecule has 4 nitrogen and oxygen atoms in total. The van der Waals surface area contributed by atoms with Crippen LogP contribution in [0.3, 0.4) is 0 Å². The van der Waals surface area contributed by atoms with Crippen molar-refractivity contribution < 1.29 is 20.1 Å². The molecule has 0 saturated carbocycles. The number of rotatable bonds is 1. The quantitative estimate of drug-likeness (QED) is 0.697. The van der Waals surface area contributed by atoms with E-state index < -0.39 is 0 Å². The first kappa shape index (κ1) is 12.7. The SMILES string of the molecule is Cc1cc(O)c(O)cc1C1CCc2c(O)cccc2O1. The van der Waals surface area contributed by atoms with Gasteiger partial charge in [-0.05, 0) is 55.2 Å². The van der Waals surface area contributed by atoms with Crippen molar-refractivity contribution in [2.24, 2.45) is 0 Å². The molecular weight excluding hydrogens is 256 g/mol. The van der Waals surface area contributed by atoms with Gasteiger partial charge in [-0.3, -0.25) is 0 Å². The van der Waals surface area contributed by atoms with Gasteiger partial charge in [-0.2, -0.15) is 0 Å².